The lowest BCUT2D eigenvalue weighted by Crippen LogP contribution is -2.66. The molecule has 0 aliphatic heterocycles. The van der Waals surface area contributed by atoms with Gasteiger partial charge in [-0.15, -0.1) is 0 Å². The summed E-state index contributed by atoms with van der Waals surface area (Å²) in [5, 5.41) is 10.4. The average molecular weight is 852 g/mol. The van der Waals surface area contributed by atoms with Gasteiger partial charge in [0.2, 0.25) is 0 Å². The van der Waals surface area contributed by atoms with Gasteiger partial charge in [0.15, 0.2) is 5.78 Å². The zero-order valence-corrected chi connectivity index (χ0v) is 39.6. The molecule has 9 atom stereocenters. The van der Waals surface area contributed by atoms with Gasteiger partial charge in [0.05, 0.1) is 11.8 Å². The van der Waals surface area contributed by atoms with Gasteiger partial charge in [-0.2, -0.15) is 0 Å². The highest BCUT2D eigenvalue weighted by Crippen LogP contribution is 2.77. The molecule has 4 fully saturated rings. The summed E-state index contributed by atoms with van der Waals surface area (Å²) in [7, 11) is 4.15. The molecule has 0 aromatic heterocycles. The number of hydrogen-bond acceptors (Lipinski definition) is 8. The molecule has 1 N–H and O–H groups in total. The Hall–Kier alpha value is -2.75. The summed E-state index contributed by atoms with van der Waals surface area (Å²) in [5.41, 5.74) is 1.36. The molecule has 10 heteroatoms. The Morgan fingerprint density at radius 2 is 1.57 bits per heavy atom. The predicted molar refractivity (Wildman–Crippen MR) is 236 cm³/mol. The molecule has 6 rings (SSSR count). The highest BCUT2D eigenvalue weighted by molar-refractivity contribution is 6.30. The van der Waals surface area contributed by atoms with Gasteiger partial charge in [-0.3, -0.25) is 24.1 Å². The Morgan fingerprint density at radius 3 is 2.17 bits per heavy atom. The second kappa shape index (κ2) is 16.7. The van der Waals surface area contributed by atoms with Gasteiger partial charge >= 0.3 is 17.9 Å². The third-order valence-corrected chi connectivity index (χ3v) is 17.6. The molecule has 1 aromatic rings. The van der Waals surface area contributed by atoms with Gasteiger partial charge in [-0.1, -0.05) is 72.2 Å². The number of Topliss-reactive ketones (excluding diaryl/α,β-unsaturated/α-hetero) is 1. The molecule has 60 heavy (non-hydrogen) atoms. The summed E-state index contributed by atoms with van der Waals surface area (Å²) in [5.74, 6) is -0.457. The van der Waals surface area contributed by atoms with E-state index in [0.717, 1.165) is 75.6 Å². The zero-order valence-electron chi connectivity index (χ0n) is 38.8. The average Bonchev–Trinajstić information content (AvgIpc) is 3.45. The van der Waals surface area contributed by atoms with Crippen LogP contribution < -0.4 is 0 Å². The molecular formula is C50H75ClN2O7. The van der Waals surface area contributed by atoms with Gasteiger partial charge < -0.3 is 19.5 Å². The van der Waals surface area contributed by atoms with E-state index in [4.69, 9.17) is 21.1 Å². The van der Waals surface area contributed by atoms with Gasteiger partial charge in [0.25, 0.3) is 0 Å². The first-order valence-electron chi connectivity index (χ1n) is 22.8. The number of carboxylic acids is 1. The quantitative estimate of drug-likeness (QED) is 0.183. The minimum atomic E-state index is -1.18. The number of esters is 2. The number of allylic oxidation sites excluding steroid dienone is 1. The maximum absolute atomic E-state index is 14.6. The molecule has 0 amide bonds. The fraction of sp³-hybridized carbons (Fsp3) is 0.760. The number of carboxylic acid groups (broad SMARTS) is 1. The third kappa shape index (κ3) is 8.15. The van der Waals surface area contributed by atoms with Crippen LogP contribution in [0.2, 0.25) is 5.02 Å². The number of nitrogens with zero attached hydrogens (tertiary/aromatic N) is 2. The lowest BCUT2D eigenvalue weighted by Gasteiger charge is -2.72. The fourth-order valence-electron chi connectivity index (χ4n) is 14.1. The van der Waals surface area contributed by atoms with E-state index in [0.29, 0.717) is 36.4 Å². The molecule has 0 radical (unpaired) electrons. The van der Waals surface area contributed by atoms with Gasteiger partial charge in [0, 0.05) is 55.4 Å². The van der Waals surface area contributed by atoms with Crippen LogP contribution in [0.15, 0.2) is 35.4 Å². The van der Waals surface area contributed by atoms with Gasteiger partial charge in [0.1, 0.15) is 12.2 Å². The summed E-state index contributed by atoms with van der Waals surface area (Å²) in [4.78, 5) is 57.4. The van der Waals surface area contributed by atoms with Crippen LogP contribution in [-0.4, -0.2) is 84.5 Å². The molecule has 0 saturated heterocycles. The van der Waals surface area contributed by atoms with Crippen LogP contribution in [0.3, 0.4) is 0 Å². The Balaban J connectivity index is 1.33. The van der Waals surface area contributed by atoms with Crippen molar-refractivity contribution in [2.75, 3.05) is 33.7 Å². The van der Waals surface area contributed by atoms with Crippen molar-refractivity contribution in [3.05, 3.63) is 46.0 Å². The summed E-state index contributed by atoms with van der Waals surface area (Å²) < 4.78 is 12.7. The second-order valence-electron chi connectivity index (χ2n) is 22.3. The molecule has 5 aliphatic carbocycles. The van der Waals surface area contributed by atoms with Crippen molar-refractivity contribution >= 4 is 35.3 Å². The van der Waals surface area contributed by atoms with Crippen LogP contribution in [-0.2, 0) is 35.2 Å². The molecule has 0 unspecified atom stereocenters. The van der Waals surface area contributed by atoms with Crippen LogP contribution in [0.4, 0.5) is 0 Å². The van der Waals surface area contributed by atoms with Crippen LogP contribution >= 0.6 is 11.6 Å². The Kier molecular flexibility index (Phi) is 13.0. The number of likely N-dealkylation sites (N-methyl/N-ethyl adjacent to an activating group) is 1. The van der Waals surface area contributed by atoms with Crippen molar-refractivity contribution in [2.45, 2.75) is 152 Å². The fourth-order valence-corrected chi connectivity index (χ4v) is 14.2. The van der Waals surface area contributed by atoms with Crippen LogP contribution in [0.5, 0.6) is 0 Å². The van der Waals surface area contributed by atoms with Crippen molar-refractivity contribution < 1.29 is 33.8 Å². The van der Waals surface area contributed by atoms with Crippen LogP contribution in [0, 0.1) is 56.2 Å². The van der Waals surface area contributed by atoms with E-state index in [2.05, 4.69) is 84.5 Å². The lowest BCUT2D eigenvalue weighted by molar-refractivity contribution is -0.235. The van der Waals surface area contributed by atoms with Crippen molar-refractivity contribution in [3.63, 3.8) is 0 Å². The Bertz CT molecular complexity index is 1850. The Morgan fingerprint density at radius 1 is 0.900 bits per heavy atom. The van der Waals surface area contributed by atoms with E-state index >= 15 is 0 Å². The number of carbonyl (C=O) groups is 4. The summed E-state index contributed by atoms with van der Waals surface area (Å²) in [6.07, 6.45) is 7.11. The van der Waals surface area contributed by atoms with E-state index in [9.17, 15) is 24.3 Å². The first-order chi connectivity index (χ1) is 27.8. The maximum atomic E-state index is 14.6. The molecule has 0 bridgehead atoms. The van der Waals surface area contributed by atoms with E-state index in [-0.39, 0.29) is 57.8 Å². The van der Waals surface area contributed by atoms with E-state index < -0.39 is 28.9 Å². The number of fused-ring (bicyclic) bond motifs is 7. The predicted octanol–water partition coefficient (Wildman–Crippen LogP) is 10.0. The van der Waals surface area contributed by atoms with E-state index in [1.807, 2.05) is 12.1 Å². The maximum Gasteiger partial charge on any atom is 0.309 e. The molecule has 1 aromatic carbocycles. The summed E-state index contributed by atoms with van der Waals surface area (Å²) >= 11 is 6.28. The number of rotatable bonds is 14. The number of carbonyl (C=O) groups excluding carboxylic acids is 3. The number of halogens is 1. The van der Waals surface area contributed by atoms with Crippen molar-refractivity contribution in [1.29, 1.82) is 0 Å². The number of aliphatic carboxylic acids is 1. The van der Waals surface area contributed by atoms with E-state index in [1.54, 1.807) is 13.8 Å². The summed E-state index contributed by atoms with van der Waals surface area (Å²) in [6, 6.07) is 7.98. The normalized spacial score (nSPS) is 34.2. The zero-order chi connectivity index (χ0) is 44.4. The highest BCUT2D eigenvalue weighted by Gasteiger charge is 2.71. The van der Waals surface area contributed by atoms with Crippen molar-refractivity contribution in [2.24, 2.45) is 56.2 Å². The molecule has 5 aliphatic rings. The molecular weight excluding hydrogens is 776 g/mol. The first kappa shape index (κ1) is 46.7. The smallest absolute Gasteiger partial charge is 0.309 e. The van der Waals surface area contributed by atoms with Crippen molar-refractivity contribution in [3.8, 4) is 0 Å². The standard InChI is InChI=1S/C50H75ClN2O7/c1-31(2)42-36(55)27-50(40(59-32(3)54)30-53(26-25-52(11)12)29-33-13-15-34(51)16-14-33)24-23-48(9)35(43(42)50)17-18-38-47(8)21-20-39(60-41(56)28-45(4,5)44(57)58)46(6,7)37(47)19-22-49(38,48)10/h13-16,31,35,37-40H,17-30H2,1-12H3,(H,57,58)/t35-,37+,38-,39+,40+,47+,48-,49-,50-/m1/s1. The first-order valence-corrected chi connectivity index (χ1v) is 23.2. The minimum Gasteiger partial charge on any atom is -0.481 e. The minimum absolute atomic E-state index is 0.00240. The van der Waals surface area contributed by atoms with Crippen LogP contribution in [0.25, 0.3) is 0 Å². The monoisotopic (exact) mass is 851 g/mol. The summed E-state index contributed by atoms with van der Waals surface area (Å²) in [6.45, 7) is 24.0. The molecule has 0 spiro atoms. The van der Waals surface area contributed by atoms with E-state index in [1.165, 1.54) is 12.5 Å². The number of benzene rings is 1. The number of ether oxygens (including phenoxy) is 2. The molecule has 9 nitrogen and oxygen atoms in total. The molecule has 0 heterocycles. The Labute approximate surface area is 365 Å². The SMILES string of the molecule is CC(=O)O[C@@H](CN(CCN(C)C)Cc1ccc(Cl)cc1)[C@]12CC[C@]3(C)[C@H](CC[C@@H]4[C@@]5(C)CC[C@H](OC(=O)CC(C)(C)C(=O)O)C(C)(C)[C@@H]5CC[C@]43C)C1=C(C(C)C)C(=O)C2. The lowest BCUT2D eigenvalue weighted by atomic mass is 9.33. The van der Waals surface area contributed by atoms with Crippen LogP contribution in [0.1, 0.15) is 139 Å². The van der Waals surface area contributed by atoms with Gasteiger partial charge in [-0.05, 0) is 148 Å². The largest absolute Gasteiger partial charge is 0.481 e. The van der Waals surface area contributed by atoms with Gasteiger partial charge in [-0.25, -0.2) is 0 Å². The molecule has 334 valence electrons. The third-order valence-electron chi connectivity index (χ3n) is 17.4. The number of hydrogen-bond donors (Lipinski definition) is 1. The van der Waals surface area contributed by atoms with Crippen molar-refractivity contribution in [1.82, 2.24) is 9.80 Å². The second-order valence-corrected chi connectivity index (χ2v) is 22.8. The highest BCUT2D eigenvalue weighted by atomic mass is 35.5. The number of ketones is 1. The molecule has 4 saturated carbocycles. The topological polar surface area (TPSA) is 113 Å².